The minimum Gasteiger partial charge on any atom is -0.287 e. The molecule has 0 atom stereocenters. The number of rotatable bonds is 10. The van der Waals surface area contributed by atoms with Gasteiger partial charge in [0.1, 0.15) is 0 Å². The fraction of sp³-hybridized carbons (Fsp3) is 0.938. The predicted octanol–water partition coefficient (Wildman–Crippen LogP) is 5.97. The van der Waals surface area contributed by atoms with E-state index in [1.54, 1.807) is 0 Å². The van der Waals surface area contributed by atoms with E-state index in [9.17, 15) is 4.79 Å². The molecule has 0 amide bonds. The molecule has 0 aromatic carbocycles. The molecular formula is C16H32OS. The summed E-state index contributed by atoms with van der Waals surface area (Å²) in [5, 5.41) is 0.366. The van der Waals surface area contributed by atoms with Gasteiger partial charge in [0.25, 0.3) is 0 Å². The van der Waals surface area contributed by atoms with Gasteiger partial charge in [0.2, 0.25) is 0 Å². The maximum absolute atomic E-state index is 11.6. The summed E-state index contributed by atoms with van der Waals surface area (Å²) in [6.07, 6.45) is 12.6. The highest BCUT2D eigenvalue weighted by Crippen LogP contribution is 2.26. The van der Waals surface area contributed by atoms with E-state index in [2.05, 4.69) is 27.7 Å². The van der Waals surface area contributed by atoms with Gasteiger partial charge in [-0.1, -0.05) is 90.8 Å². The number of hydrogen-bond donors (Lipinski definition) is 0. The van der Waals surface area contributed by atoms with Crippen molar-refractivity contribution in [3.05, 3.63) is 0 Å². The molecule has 2 heteroatoms. The summed E-state index contributed by atoms with van der Waals surface area (Å²) in [6.45, 7) is 8.57. The maximum atomic E-state index is 11.6. The standard InChI is InChI=1S/C16H32OS/c1-5-6-7-8-9-10-11-12-13-14-15(17)18-16(2,3)4/h5-14H2,1-4H3. The zero-order valence-corrected chi connectivity index (χ0v) is 13.7. The lowest BCUT2D eigenvalue weighted by Crippen LogP contribution is -2.11. The Kier molecular flexibility index (Phi) is 10.9. The average molecular weight is 272 g/mol. The van der Waals surface area contributed by atoms with Crippen molar-refractivity contribution in [1.29, 1.82) is 0 Å². The van der Waals surface area contributed by atoms with Crippen LogP contribution in [0.1, 0.15) is 91.9 Å². The van der Waals surface area contributed by atoms with E-state index < -0.39 is 0 Å². The van der Waals surface area contributed by atoms with Gasteiger partial charge in [-0.25, -0.2) is 0 Å². The van der Waals surface area contributed by atoms with E-state index >= 15 is 0 Å². The molecule has 0 saturated carbocycles. The normalized spacial score (nSPS) is 11.8. The van der Waals surface area contributed by atoms with E-state index in [0.717, 1.165) is 12.8 Å². The third-order valence-electron chi connectivity index (χ3n) is 2.90. The highest BCUT2D eigenvalue weighted by molar-refractivity contribution is 8.14. The highest BCUT2D eigenvalue weighted by atomic mass is 32.2. The van der Waals surface area contributed by atoms with Crippen LogP contribution in [0.5, 0.6) is 0 Å². The molecule has 1 nitrogen and oxygen atoms in total. The van der Waals surface area contributed by atoms with Gasteiger partial charge >= 0.3 is 0 Å². The maximum Gasteiger partial charge on any atom is 0.189 e. The second kappa shape index (κ2) is 10.9. The Hall–Kier alpha value is 0.0200. The largest absolute Gasteiger partial charge is 0.287 e. The molecule has 0 rings (SSSR count). The van der Waals surface area contributed by atoms with Crippen molar-refractivity contribution in [2.75, 3.05) is 0 Å². The first kappa shape index (κ1) is 18.0. The quantitative estimate of drug-likeness (QED) is 0.456. The molecule has 0 bridgehead atoms. The Morgan fingerprint density at radius 3 is 1.72 bits per heavy atom. The molecular weight excluding hydrogens is 240 g/mol. The van der Waals surface area contributed by atoms with Gasteiger partial charge in [-0.15, -0.1) is 0 Å². The third-order valence-corrected chi connectivity index (χ3v) is 3.95. The van der Waals surface area contributed by atoms with Gasteiger partial charge in [-0.2, -0.15) is 0 Å². The molecule has 0 fully saturated rings. The van der Waals surface area contributed by atoms with Crippen molar-refractivity contribution in [3.8, 4) is 0 Å². The van der Waals surface area contributed by atoms with Crippen LogP contribution in [0.25, 0.3) is 0 Å². The predicted molar refractivity (Wildman–Crippen MR) is 84.2 cm³/mol. The Bertz CT molecular complexity index is 206. The zero-order chi connectivity index (χ0) is 13.9. The van der Waals surface area contributed by atoms with Crippen LogP contribution in [0.15, 0.2) is 0 Å². The molecule has 0 aliphatic carbocycles. The van der Waals surface area contributed by atoms with E-state index in [1.165, 1.54) is 63.1 Å². The van der Waals surface area contributed by atoms with Gasteiger partial charge in [-0.3, -0.25) is 4.79 Å². The first-order valence-electron chi connectivity index (χ1n) is 7.67. The fourth-order valence-corrected chi connectivity index (χ4v) is 2.90. The molecule has 0 radical (unpaired) electrons. The molecule has 18 heavy (non-hydrogen) atoms. The Morgan fingerprint density at radius 2 is 1.28 bits per heavy atom. The highest BCUT2D eigenvalue weighted by Gasteiger charge is 2.15. The van der Waals surface area contributed by atoms with Gasteiger partial charge in [0.15, 0.2) is 5.12 Å². The summed E-state index contributed by atoms with van der Waals surface area (Å²) < 4.78 is 0.0797. The molecule has 0 aliphatic heterocycles. The average Bonchev–Trinajstić information content (AvgIpc) is 2.24. The number of carbonyl (C=O) groups excluding carboxylic acids is 1. The zero-order valence-electron chi connectivity index (χ0n) is 12.9. The summed E-state index contributed by atoms with van der Waals surface area (Å²) in [4.78, 5) is 11.6. The first-order chi connectivity index (χ1) is 8.45. The molecule has 108 valence electrons. The number of carbonyl (C=O) groups is 1. The van der Waals surface area contributed by atoms with Crippen LogP contribution in [0.3, 0.4) is 0 Å². The number of hydrogen-bond acceptors (Lipinski definition) is 2. The second-order valence-electron chi connectivity index (χ2n) is 6.16. The molecule has 0 aromatic rings. The van der Waals surface area contributed by atoms with E-state index in [1.807, 2.05) is 0 Å². The van der Waals surface area contributed by atoms with E-state index in [4.69, 9.17) is 0 Å². The molecule has 0 spiro atoms. The molecule has 0 aromatic heterocycles. The Morgan fingerprint density at radius 1 is 0.833 bits per heavy atom. The number of unbranched alkanes of at least 4 members (excludes halogenated alkanes) is 8. The SMILES string of the molecule is CCCCCCCCCCCC(=O)SC(C)(C)C. The fourth-order valence-electron chi connectivity index (χ4n) is 1.97. The lowest BCUT2D eigenvalue weighted by molar-refractivity contribution is -0.111. The Labute approximate surface area is 118 Å². The lowest BCUT2D eigenvalue weighted by atomic mass is 10.1. The monoisotopic (exact) mass is 272 g/mol. The first-order valence-corrected chi connectivity index (χ1v) is 8.49. The second-order valence-corrected chi connectivity index (χ2v) is 8.05. The third kappa shape index (κ3) is 14.1. The number of thioether (sulfide) groups is 1. The van der Waals surface area contributed by atoms with Gasteiger partial charge in [0.05, 0.1) is 0 Å². The van der Waals surface area contributed by atoms with Crippen LogP contribution >= 0.6 is 11.8 Å². The summed E-state index contributed by atoms with van der Waals surface area (Å²) in [5.74, 6) is 0. The Balaban J connectivity index is 3.23. The van der Waals surface area contributed by atoms with Gasteiger partial charge < -0.3 is 0 Å². The van der Waals surface area contributed by atoms with Crippen LogP contribution in [0.2, 0.25) is 0 Å². The minimum atomic E-state index is 0.0797. The minimum absolute atomic E-state index is 0.0797. The summed E-state index contributed by atoms with van der Waals surface area (Å²) in [6, 6.07) is 0. The van der Waals surface area contributed by atoms with E-state index in [-0.39, 0.29) is 4.75 Å². The van der Waals surface area contributed by atoms with Gasteiger partial charge in [-0.05, 0) is 6.42 Å². The molecule has 0 N–H and O–H groups in total. The summed E-state index contributed by atoms with van der Waals surface area (Å²) in [5.41, 5.74) is 0. The van der Waals surface area contributed by atoms with E-state index in [0.29, 0.717) is 5.12 Å². The van der Waals surface area contributed by atoms with Crippen molar-refractivity contribution in [1.82, 2.24) is 0 Å². The van der Waals surface area contributed by atoms with Crippen molar-refractivity contribution in [2.24, 2.45) is 0 Å². The van der Waals surface area contributed by atoms with Crippen molar-refractivity contribution in [2.45, 2.75) is 96.7 Å². The van der Waals surface area contributed by atoms with Crippen molar-refractivity contribution >= 4 is 16.9 Å². The van der Waals surface area contributed by atoms with Crippen molar-refractivity contribution in [3.63, 3.8) is 0 Å². The van der Waals surface area contributed by atoms with Crippen molar-refractivity contribution < 1.29 is 4.79 Å². The summed E-state index contributed by atoms with van der Waals surface area (Å²) in [7, 11) is 0. The molecule has 0 heterocycles. The van der Waals surface area contributed by atoms with Crippen LogP contribution in [-0.4, -0.2) is 9.86 Å². The van der Waals surface area contributed by atoms with Crippen LogP contribution < -0.4 is 0 Å². The molecule has 0 saturated heterocycles. The topological polar surface area (TPSA) is 17.1 Å². The smallest absolute Gasteiger partial charge is 0.189 e. The van der Waals surface area contributed by atoms with Crippen LogP contribution in [0, 0.1) is 0 Å². The molecule has 0 unspecified atom stereocenters. The molecule has 0 aliphatic rings. The lowest BCUT2D eigenvalue weighted by Gasteiger charge is -2.15. The van der Waals surface area contributed by atoms with Crippen LogP contribution in [-0.2, 0) is 4.79 Å². The van der Waals surface area contributed by atoms with Crippen LogP contribution in [0.4, 0.5) is 0 Å². The summed E-state index contributed by atoms with van der Waals surface area (Å²) >= 11 is 1.50. The van der Waals surface area contributed by atoms with Gasteiger partial charge in [0, 0.05) is 11.2 Å².